The van der Waals surface area contributed by atoms with Gasteiger partial charge in [-0.15, -0.1) is 11.6 Å². The van der Waals surface area contributed by atoms with Crippen LogP contribution >= 0.6 is 11.6 Å². The van der Waals surface area contributed by atoms with Crippen molar-refractivity contribution in [3.05, 3.63) is 35.9 Å². The first-order valence-corrected chi connectivity index (χ1v) is 7.01. The molecule has 96 valence electrons. The molecule has 0 bridgehead atoms. The Morgan fingerprint density at radius 3 is 2.56 bits per heavy atom. The summed E-state index contributed by atoms with van der Waals surface area (Å²) in [5.41, 5.74) is 1.43. The van der Waals surface area contributed by atoms with Gasteiger partial charge in [0, 0.05) is 6.54 Å². The highest BCUT2D eigenvalue weighted by atomic mass is 35.5. The maximum atomic E-state index is 8.70. The Hall–Kier alpha value is -1.04. The molecule has 0 amide bonds. The molecule has 1 heterocycles. The molecule has 0 aliphatic carbocycles. The smallest absolute Gasteiger partial charge is 0.133 e. The zero-order chi connectivity index (χ0) is 12.8. The molecule has 1 aliphatic heterocycles. The van der Waals surface area contributed by atoms with E-state index in [9.17, 15) is 0 Å². The minimum absolute atomic E-state index is 0.365. The van der Waals surface area contributed by atoms with Crippen LogP contribution in [0.1, 0.15) is 18.4 Å². The van der Waals surface area contributed by atoms with Crippen LogP contribution in [0.15, 0.2) is 30.3 Å². The zero-order valence-electron chi connectivity index (χ0n) is 10.6. The van der Waals surface area contributed by atoms with E-state index in [1.54, 1.807) is 0 Å². The Balaban J connectivity index is 1.75. The second kappa shape index (κ2) is 6.78. The van der Waals surface area contributed by atoms with Crippen LogP contribution in [-0.2, 0) is 6.42 Å². The summed E-state index contributed by atoms with van der Waals surface area (Å²) in [4.78, 5) is 2.31. The third kappa shape index (κ3) is 4.01. The summed E-state index contributed by atoms with van der Waals surface area (Å²) < 4.78 is 0. The van der Waals surface area contributed by atoms with E-state index in [4.69, 9.17) is 16.9 Å². The maximum Gasteiger partial charge on any atom is 0.133 e. The van der Waals surface area contributed by atoms with Crippen molar-refractivity contribution in [2.45, 2.75) is 24.6 Å². The number of likely N-dealkylation sites (tertiary alicyclic amines) is 1. The molecule has 1 aromatic carbocycles. The van der Waals surface area contributed by atoms with Crippen molar-refractivity contribution >= 4 is 11.6 Å². The minimum atomic E-state index is -0.365. The van der Waals surface area contributed by atoms with Crippen molar-refractivity contribution in [2.24, 2.45) is 5.92 Å². The van der Waals surface area contributed by atoms with Crippen molar-refractivity contribution in [1.82, 2.24) is 4.90 Å². The lowest BCUT2D eigenvalue weighted by molar-refractivity contribution is 0.188. The minimum Gasteiger partial charge on any atom is -0.301 e. The fraction of sp³-hybridized carbons (Fsp3) is 0.533. The van der Waals surface area contributed by atoms with Crippen LogP contribution in [-0.4, -0.2) is 29.9 Å². The molecule has 1 aromatic rings. The predicted molar refractivity (Wildman–Crippen MR) is 74.6 cm³/mol. The van der Waals surface area contributed by atoms with Crippen molar-refractivity contribution in [2.75, 3.05) is 19.6 Å². The monoisotopic (exact) mass is 262 g/mol. The van der Waals surface area contributed by atoms with Gasteiger partial charge in [0.05, 0.1) is 6.07 Å². The van der Waals surface area contributed by atoms with Crippen molar-refractivity contribution in [1.29, 1.82) is 5.26 Å². The number of piperidine rings is 1. The van der Waals surface area contributed by atoms with Gasteiger partial charge in [0.25, 0.3) is 0 Å². The van der Waals surface area contributed by atoms with Gasteiger partial charge in [-0.05, 0) is 43.8 Å². The van der Waals surface area contributed by atoms with Gasteiger partial charge < -0.3 is 4.90 Å². The van der Waals surface area contributed by atoms with Crippen molar-refractivity contribution < 1.29 is 0 Å². The second-order valence-electron chi connectivity index (χ2n) is 5.03. The molecule has 2 nitrogen and oxygen atoms in total. The van der Waals surface area contributed by atoms with Gasteiger partial charge in [-0.25, -0.2) is 0 Å². The zero-order valence-corrected chi connectivity index (χ0v) is 11.3. The SMILES string of the molecule is N#CC(Cl)CN1CCC(Cc2ccccc2)CC1. The molecule has 1 atom stereocenters. The highest BCUT2D eigenvalue weighted by Gasteiger charge is 2.20. The molecule has 18 heavy (non-hydrogen) atoms. The number of nitrogens with zero attached hydrogens (tertiary/aromatic N) is 2. The molecular weight excluding hydrogens is 244 g/mol. The van der Waals surface area contributed by atoms with E-state index in [-0.39, 0.29) is 5.38 Å². The third-order valence-corrected chi connectivity index (χ3v) is 3.87. The standard InChI is InChI=1S/C15H19ClN2/c16-15(11-17)12-18-8-6-14(7-9-18)10-13-4-2-1-3-5-13/h1-5,14-15H,6-10,12H2. The molecule has 3 heteroatoms. The summed E-state index contributed by atoms with van der Waals surface area (Å²) >= 11 is 5.86. The van der Waals surface area contributed by atoms with Crippen molar-refractivity contribution in [3.8, 4) is 6.07 Å². The second-order valence-corrected chi connectivity index (χ2v) is 5.56. The summed E-state index contributed by atoms with van der Waals surface area (Å²) in [6.45, 7) is 2.85. The Bertz CT molecular complexity index is 391. The summed E-state index contributed by atoms with van der Waals surface area (Å²) in [7, 11) is 0. The van der Waals surface area contributed by atoms with E-state index in [1.807, 2.05) is 0 Å². The lowest BCUT2D eigenvalue weighted by atomic mass is 9.90. The van der Waals surface area contributed by atoms with Crippen LogP contribution in [0.5, 0.6) is 0 Å². The first-order valence-electron chi connectivity index (χ1n) is 6.58. The van der Waals surface area contributed by atoms with E-state index >= 15 is 0 Å². The molecule has 1 saturated heterocycles. The van der Waals surface area contributed by atoms with Crippen LogP contribution in [0.25, 0.3) is 0 Å². The first kappa shape index (κ1) is 13.4. The van der Waals surface area contributed by atoms with Gasteiger partial charge in [0.1, 0.15) is 5.38 Å². The number of benzene rings is 1. The van der Waals surface area contributed by atoms with Crippen LogP contribution in [0.2, 0.25) is 0 Å². The molecule has 0 radical (unpaired) electrons. The molecule has 1 fully saturated rings. The summed E-state index contributed by atoms with van der Waals surface area (Å²) in [5.74, 6) is 0.777. The molecular formula is C15H19ClN2. The van der Waals surface area contributed by atoms with Crippen molar-refractivity contribution in [3.63, 3.8) is 0 Å². The highest BCUT2D eigenvalue weighted by molar-refractivity contribution is 6.22. The van der Waals surface area contributed by atoms with E-state index < -0.39 is 0 Å². The number of alkyl halides is 1. The third-order valence-electron chi connectivity index (χ3n) is 3.63. The van der Waals surface area contributed by atoms with Gasteiger partial charge in [0.15, 0.2) is 0 Å². The van der Waals surface area contributed by atoms with Crippen LogP contribution < -0.4 is 0 Å². The van der Waals surface area contributed by atoms with E-state index in [0.29, 0.717) is 6.54 Å². The predicted octanol–water partition coefficient (Wildman–Crippen LogP) is 3.07. The average molecular weight is 263 g/mol. The number of nitriles is 1. The van der Waals surface area contributed by atoms with Gasteiger partial charge in [-0.1, -0.05) is 30.3 Å². The maximum absolute atomic E-state index is 8.70. The largest absolute Gasteiger partial charge is 0.301 e. The van der Waals surface area contributed by atoms with E-state index in [1.165, 1.54) is 24.8 Å². The Morgan fingerprint density at radius 1 is 1.28 bits per heavy atom. The molecule has 1 unspecified atom stereocenters. The number of hydrogen-bond donors (Lipinski definition) is 0. The highest BCUT2D eigenvalue weighted by Crippen LogP contribution is 2.21. The molecule has 1 aliphatic rings. The summed E-state index contributed by atoms with van der Waals surface area (Å²) in [6, 6.07) is 12.8. The topological polar surface area (TPSA) is 27.0 Å². The lowest BCUT2D eigenvalue weighted by Crippen LogP contribution is -2.37. The molecule has 0 aromatic heterocycles. The van der Waals surface area contributed by atoms with Crippen LogP contribution in [0, 0.1) is 17.2 Å². The number of rotatable bonds is 4. The molecule has 0 saturated carbocycles. The molecule has 0 N–H and O–H groups in total. The van der Waals surface area contributed by atoms with Gasteiger partial charge in [-0.3, -0.25) is 0 Å². The van der Waals surface area contributed by atoms with Gasteiger partial charge >= 0.3 is 0 Å². The van der Waals surface area contributed by atoms with Crippen LogP contribution in [0.4, 0.5) is 0 Å². The summed E-state index contributed by atoms with van der Waals surface area (Å²) in [5, 5.41) is 8.34. The Morgan fingerprint density at radius 2 is 1.94 bits per heavy atom. The Kier molecular flexibility index (Phi) is 5.04. The fourth-order valence-corrected chi connectivity index (χ4v) is 2.78. The quantitative estimate of drug-likeness (QED) is 0.780. The van der Waals surface area contributed by atoms with E-state index in [0.717, 1.165) is 19.0 Å². The van der Waals surface area contributed by atoms with Crippen LogP contribution in [0.3, 0.4) is 0 Å². The van der Waals surface area contributed by atoms with E-state index in [2.05, 4.69) is 41.3 Å². The first-order chi connectivity index (χ1) is 8.78. The van der Waals surface area contributed by atoms with Gasteiger partial charge in [0.2, 0.25) is 0 Å². The lowest BCUT2D eigenvalue weighted by Gasteiger charge is -2.32. The molecule has 2 rings (SSSR count). The fourth-order valence-electron chi connectivity index (χ4n) is 2.59. The van der Waals surface area contributed by atoms with Gasteiger partial charge in [-0.2, -0.15) is 5.26 Å². The Labute approximate surface area is 114 Å². The number of halogens is 1. The average Bonchev–Trinajstić information content (AvgIpc) is 2.42. The normalized spacial score (nSPS) is 19.3. The molecule has 0 spiro atoms. The summed E-state index contributed by atoms with van der Waals surface area (Å²) in [6.07, 6.45) is 3.60. The number of hydrogen-bond acceptors (Lipinski definition) is 2.